The quantitative estimate of drug-likeness (QED) is 0.484. The van der Waals surface area contributed by atoms with Crippen molar-refractivity contribution in [3.63, 3.8) is 0 Å². The number of nitrogens with one attached hydrogen (secondary N) is 1. The molecular weight excluding hydrogens is 271 g/mol. The molecule has 0 aromatic carbocycles. The molecule has 0 aromatic heterocycles. The van der Waals surface area contributed by atoms with E-state index in [0.29, 0.717) is 5.92 Å². The summed E-state index contributed by atoms with van der Waals surface area (Å²) in [5, 5.41) is 15.0. The molecule has 4 atom stereocenters. The van der Waals surface area contributed by atoms with Crippen molar-refractivity contribution in [2.75, 3.05) is 0 Å². The van der Waals surface area contributed by atoms with Crippen LogP contribution in [0.25, 0.3) is 0 Å². The molecule has 4 nitrogen and oxygen atoms in total. The van der Waals surface area contributed by atoms with Crippen molar-refractivity contribution < 1.29 is 39.5 Å². The van der Waals surface area contributed by atoms with Gasteiger partial charge in [-0.25, -0.2) is 4.99 Å². The summed E-state index contributed by atoms with van der Waals surface area (Å²) in [6, 6.07) is 0. The summed E-state index contributed by atoms with van der Waals surface area (Å²) in [7, 11) is 0. The van der Waals surface area contributed by atoms with Gasteiger partial charge in [-0.15, -0.1) is 0 Å². The third-order valence-electron chi connectivity index (χ3n) is 4.66. The van der Waals surface area contributed by atoms with E-state index in [0.717, 1.165) is 19.3 Å². The van der Waals surface area contributed by atoms with Crippen molar-refractivity contribution in [2.45, 2.75) is 40.0 Å². The molecule has 2 aliphatic rings. The van der Waals surface area contributed by atoms with Gasteiger partial charge in [0, 0.05) is 0 Å². The van der Waals surface area contributed by atoms with Gasteiger partial charge in [-0.2, -0.15) is 0 Å². The van der Waals surface area contributed by atoms with Crippen molar-refractivity contribution in [1.29, 1.82) is 0 Å². The summed E-state index contributed by atoms with van der Waals surface area (Å²) in [4.78, 5) is 16.2. The Morgan fingerprint density at radius 1 is 1.53 bits per heavy atom. The van der Waals surface area contributed by atoms with E-state index in [1.54, 1.807) is 0 Å². The van der Waals surface area contributed by atoms with Crippen LogP contribution in [0.2, 0.25) is 0 Å². The molecule has 4 unspecified atom stereocenters. The first-order valence-electron chi connectivity index (χ1n) is 6.56. The van der Waals surface area contributed by atoms with Gasteiger partial charge in [0.05, 0.1) is 5.41 Å². The van der Waals surface area contributed by atoms with Gasteiger partial charge in [0.1, 0.15) is 0 Å². The van der Waals surface area contributed by atoms with Crippen LogP contribution in [0.3, 0.4) is 0 Å². The smallest absolute Gasteiger partial charge is 0.861 e. The standard InChI is InChI=1S/C13H20N2O2S.Na/c1-4-5-9-6-7(2)8(3)13(9)10(16)14-12(18)15-11(13)17;/h7-9H,4-6H2,1-3H3,(H2,14,15,16,17,18);/q;+1/p-1. The SMILES string of the molecule is CCCC1CC(C)C(C)C12C(=O)NC(=S)N=C2[O-].[Na+]. The molecule has 100 valence electrons. The normalized spacial score (nSPS) is 37.8. The number of amides is 1. The Balaban J connectivity index is 0.00000180. The maximum Gasteiger partial charge on any atom is 1.00 e. The minimum absolute atomic E-state index is 0. The van der Waals surface area contributed by atoms with Crippen LogP contribution < -0.4 is 40.0 Å². The Kier molecular flexibility index (Phi) is 5.58. The van der Waals surface area contributed by atoms with E-state index >= 15 is 0 Å². The average molecular weight is 290 g/mol. The van der Waals surface area contributed by atoms with Gasteiger partial charge in [-0.1, -0.05) is 27.2 Å². The van der Waals surface area contributed by atoms with Crippen molar-refractivity contribution in [2.24, 2.45) is 28.2 Å². The number of aliphatic imine (C=N–C) groups is 1. The number of nitrogens with zero attached hydrogens (tertiary/aromatic N) is 1. The molecular formula is C13H19N2NaO2S. The fraction of sp³-hybridized carbons (Fsp3) is 0.769. The van der Waals surface area contributed by atoms with Gasteiger partial charge in [0.25, 0.3) is 0 Å². The summed E-state index contributed by atoms with van der Waals surface area (Å²) in [5.41, 5.74) is -0.974. The van der Waals surface area contributed by atoms with Gasteiger partial charge < -0.3 is 10.4 Å². The summed E-state index contributed by atoms with van der Waals surface area (Å²) in [6.45, 7) is 6.17. The van der Waals surface area contributed by atoms with Gasteiger partial charge in [-0.3, -0.25) is 4.79 Å². The molecule has 19 heavy (non-hydrogen) atoms. The van der Waals surface area contributed by atoms with Crippen molar-refractivity contribution in [1.82, 2.24) is 5.32 Å². The molecule has 1 fully saturated rings. The van der Waals surface area contributed by atoms with Crippen LogP contribution in [0.5, 0.6) is 0 Å². The van der Waals surface area contributed by atoms with E-state index in [2.05, 4.69) is 24.2 Å². The van der Waals surface area contributed by atoms with Gasteiger partial charge in [-0.05, 0) is 48.7 Å². The first-order valence-corrected chi connectivity index (χ1v) is 6.97. The van der Waals surface area contributed by atoms with E-state index in [-0.39, 0.29) is 58.3 Å². The van der Waals surface area contributed by atoms with Gasteiger partial charge >= 0.3 is 29.6 Å². The van der Waals surface area contributed by atoms with Crippen LogP contribution in [0.1, 0.15) is 40.0 Å². The third kappa shape index (κ3) is 2.50. The zero-order valence-electron chi connectivity index (χ0n) is 12.0. The van der Waals surface area contributed by atoms with Crippen LogP contribution in [0, 0.1) is 23.2 Å². The molecule has 2 rings (SSSR count). The molecule has 1 heterocycles. The second-order valence-corrected chi connectivity index (χ2v) is 5.92. The van der Waals surface area contributed by atoms with Crippen LogP contribution in [-0.2, 0) is 4.79 Å². The minimum Gasteiger partial charge on any atom is -0.861 e. The zero-order valence-corrected chi connectivity index (χ0v) is 14.8. The van der Waals surface area contributed by atoms with Crippen molar-refractivity contribution >= 4 is 29.1 Å². The molecule has 0 aromatic rings. The molecule has 1 aliphatic carbocycles. The number of hydrogen-bond acceptors (Lipinski definition) is 3. The summed E-state index contributed by atoms with van der Waals surface area (Å²) >= 11 is 4.83. The summed E-state index contributed by atoms with van der Waals surface area (Å²) in [5.74, 6) is -0.0901. The number of carbonyl (C=O) groups excluding carboxylic acids is 1. The minimum atomic E-state index is -0.974. The van der Waals surface area contributed by atoms with Crippen LogP contribution in [-0.4, -0.2) is 16.9 Å². The molecule has 1 saturated carbocycles. The first kappa shape index (κ1) is 17.1. The fourth-order valence-corrected chi connectivity index (χ4v) is 3.80. The monoisotopic (exact) mass is 290 g/mol. The van der Waals surface area contributed by atoms with Gasteiger partial charge in [0.15, 0.2) is 5.11 Å². The predicted molar refractivity (Wildman–Crippen MR) is 72.0 cm³/mol. The molecule has 1 amide bonds. The third-order valence-corrected chi connectivity index (χ3v) is 4.86. The molecule has 0 radical (unpaired) electrons. The molecule has 0 bridgehead atoms. The second-order valence-electron chi connectivity index (χ2n) is 5.53. The molecule has 6 heteroatoms. The van der Waals surface area contributed by atoms with E-state index in [1.165, 1.54) is 0 Å². The Labute approximate surface area is 141 Å². The number of carbonyl (C=O) groups is 1. The van der Waals surface area contributed by atoms with E-state index in [4.69, 9.17) is 12.2 Å². The first-order chi connectivity index (χ1) is 8.44. The number of rotatable bonds is 2. The Morgan fingerprint density at radius 3 is 2.68 bits per heavy atom. The Bertz CT molecular complexity index is 427. The van der Waals surface area contributed by atoms with Crippen molar-refractivity contribution in [3.8, 4) is 0 Å². The van der Waals surface area contributed by atoms with Crippen LogP contribution in [0.4, 0.5) is 0 Å². The van der Waals surface area contributed by atoms with E-state index in [1.807, 2.05) is 6.92 Å². The predicted octanol–water partition coefficient (Wildman–Crippen LogP) is -1.76. The van der Waals surface area contributed by atoms with Crippen molar-refractivity contribution in [3.05, 3.63) is 0 Å². The van der Waals surface area contributed by atoms with E-state index < -0.39 is 5.41 Å². The van der Waals surface area contributed by atoms with E-state index in [9.17, 15) is 9.90 Å². The maximum atomic E-state index is 12.4. The second kappa shape index (κ2) is 6.20. The fourth-order valence-electron chi connectivity index (χ4n) is 3.63. The molecule has 0 saturated heterocycles. The van der Waals surface area contributed by atoms with Gasteiger partial charge in [0.2, 0.25) is 5.91 Å². The largest absolute Gasteiger partial charge is 1.00 e. The molecule has 1 N–H and O–H groups in total. The topological polar surface area (TPSA) is 64.5 Å². The summed E-state index contributed by atoms with van der Waals surface area (Å²) in [6.07, 6.45) is 2.77. The maximum absolute atomic E-state index is 12.4. The zero-order chi connectivity index (χ0) is 13.5. The molecule has 1 aliphatic heterocycles. The average Bonchev–Trinajstić information content (AvgIpc) is 2.51. The Morgan fingerprint density at radius 2 is 2.16 bits per heavy atom. The number of thiocarbonyl (C=S) groups is 1. The summed E-state index contributed by atoms with van der Waals surface area (Å²) < 4.78 is 0. The Hall–Kier alpha value is 0.0300. The van der Waals surface area contributed by atoms with Crippen LogP contribution in [0.15, 0.2) is 4.99 Å². The number of hydrogen-bond donors (Lipinski definition) is 1. The molecule has 1 spiro atoms. The van der Waals surface area contributed by atoms with Crippen LogP contribution >= 0.6 is 12.2 Å².